The summed E-state index contributed by atoms with van der Waals surface area (Å²) in [5, 5.41) is 0. The molecule has 0 spiro atoms. The molecular weight excluding hydrogens is 270 g/mol. The predicted molar refractivity (Wildman–Crippen MR) is 34.7 cm³/mol. The molecule has 0 aromatic carbocycles. The van der Waals surface area contributed by atoms with Crippen LogP contribution in [0.2, 0.25) is 0 Å². The van der Waals surface area contributed by atoms with E-state index in [4.69, 9.17) is 1.37 Å². The van der Waals surface area contributed by atoms with Crippen LogP contribution in [0.1, 0.15) is 15.2 Å². The Morgan fingerprint density at radius 1 is 1.50 bits per heavy atom. The molecule has 1 nitrogen and oxygen atoms in total. The number of rotatable bonds is 2. The van der Waals surface area contributed by atoms with Gasteiger partial charge in [0.15, 0.2) is 0 Å². The van der Waals surface area contributed by atoms with Crippen molar-refractivity contribution in [1.29, 1.82) is 0 Å². The van der Waals surface area contributed by atoms with E-state index >= 15 is 0 Å². The standard InChI is InChI=1S/C5H12N.CH3.W/c1-4-6(3)5-2;;/h3-5H2,1-2H3;1H3;/q2*-1;+2/i;1D;. The molecule has 0 aromatic rings. The van der Waals surface area contributed by atoms with E-state index in [1.807, 2.05) is 4.90 Å². The molecule has 0 aliphatic heterocycles. The molecule has 0 radical (unpaired) electrons. The number of nitrogens with zero attached hydrogens (tertiary/aromatic N) is 1. The topological polar surface area (TPSA) is 3.24 Å². The average molecular weight is 286 g/mol. The SMILES string of the molecule is [2H][CH2-].[CH2-]N(CC)CC.[W+2]. The van der Waals surface area contributed by atoms with Crippen LogP contribution in [-0.4, -0.2) is 18.0 Å². The Morgan fingerprint density at radius 3 is 1.75 bits per heavy atom. The average Bonchev–Trinajstić information content (AvgIpc) is 1.91. The van der Waals surface area contributed by atoms with Gasteiger partial charge < -0.3 is 12.3 Å². The fourth-order valence-corrected chi connectivity index (χ4v) is 0.224. The van der Waals surface area contributed by atoms with Crippen LogP contribution >= 0.6 is 0 Å². The van der Waals surface area contributed by atoms with E-state index in [1.165, 1.54) is 0 Å². The van der Waals surface area contributed by atoms with Crippen molar-refractivity contribution in [1.82, 2.24) is 4.90 Å². The van der Waals surface area contributed by atoms with E-state index in [0.717, 1.165) is 13.1 Å². The molecule has 0 heterocycles. The summed E-state index contributed by atoms with van der Waals surface area (Å²) in [6.07, 6.45) is 0. The van der Waals surface area contributed by atoms with Gasteiger partial charge in [-0.25, -0.2) is 1.37 Å². The molecular formula is C6H15NW. The second-order valence-corrected chi connectivity index (χ2v) is 1.30. The molecule has 0 atom stereocenters. The number of hydrogen-bond donors (Lipinski definition) is 0. The van der Waals surface area contributed by atoms with Crippen LogP contribution in [0.4, 0.5) is 0 Å². The van der Waals surface area contributed by atoms with Crippen LogP contribution in [0.5, 0.6) is 0 Å². The molecule has 0 aromatic heterocycles. The van der Waals surface area contributed by atoms with E-state index in [9.17, 15) is 0 Å². The Balaban J connectivity index is -0.000000109. The smallest absolute Gasteiger partial charge is 0.460 e. The third-order valence-corrected chi connectivity index (χ3v) is 0.894. The van der Waals surface area contributed by atoms with Crippen molar-refractivity contribution < 1.29 is 22.4 Å². The summed E-state index contributed by atoms with van der Waals surface area (Å²) in [7, 11) is 6.21. The molecule has 0 bridgehead atoms. The Morgan fingerprint density at radius 2 is 1.75 bits per heavy atom. The summed E-state index contributed by atoms with van der Waals surface area (Å²) in [5.41, 5.74) is 0. The zero-order chi connectivity index (χ0) is 6.99. The first-order valence-corrected chi connectivity index (χ1v) is 2.36. The fourth-order valence-electron chi connectivity index (χ4n) is 0.224. The predicted octanol–water partition coefficient (Wildman–Crippen LogP) is 1.57. The minimum Gasteiger partial charge on any atom is -0.460 e. The Kier molecular flexibility index (Phi) is 15.2. The van der Waals surface area contributed by atoms with Crippen LogP contribution in [0, 0.1) is 14.5 Å². The molecule has 0 unspecified atom stereocenters. The summed E-state index contributed by atoms with van der Waals surface area (Å²) in [6.45, 7) is 6.29. The van der Waals surface area contributed by atoms with Crippen LogP contribution in [0.25, 0.3) is 0 Å². The van der Waals surface area contributed by atoms with Crippen molar-refractivity contribution in [2.45, 2.75) is 13.8 Å². The first-order valence-electron chi connectivity index (χ1n) is 3.07. The van der Waals surface area contributed by atoms with Gasteiger partial charge in [0.05, 0.1) is 0 Å². The third kappa shape index (κ3) is 9.82. The summed E-state index contributed by atoms with van der Waals surface area (Å²) < 4.78 is 5.50. The van der Waals surface area contributed by atoms with Gasteiger partial charge in [-0.1, -0.05) is 13.8 Å². The van der Waals surface area contributed by atoms with Gasteiger partial charge in [0.1, 0.15) is 0 Å². The molecule has 0 aliphatic carbocycles. The molecule has 0 saturated heterocycles. The molecule has 0 saturated carbocycles. The molecule has 0 rings (SSSR count). The maximum atomic E-state index is 5.50. The van der Waals surface area contributed by atoms with Gasteiger partial charge in [-0.3, -0.25) is 7.05 Å². The zero-order valence-corrected chi connectivity index (χ0v) is 8.62. The van der Waals surface area contributed by atoms with Crippen LogP contribution in [0.15, 0.2) is 0 Å². The third-order valence-electron chi connectivity index (χ3n) is 0.894. The largest absolute Gasteiger partial charge is 2.00 e. The quantitative estimate of drug-likeness (QED) is 0.696. The van der Waals surface area contributed by atoms with Gasteiger partial charge >= 0.3 is 21.1 Å². The van der Waals surface area contributed by atoms with Gasteiger partial charge in [0.25, 0.3) is 0 Å². The maximum Gasteiger partial charge on any atom is 2.00 e. The summed E-state index contributed by atoms with van der Waals surface area (Å²) in [4.78, 5) is 2.00. The minimum atomic E-state index is 0. The maximum absolute atomic E-state index is 5.50. The van der Waals surface area contributed by atoms with Crippen molar-refractivity contribution in [3.63, 3.8) is 0 Å². The number of hydrogen-bond acceptors (Lipinski definition) is 1. The van der Waals surface area contributed by atoms with E-state index < -0.39 is 0 Å². The van der Waals surface area contributed by atoms with Gasteiger partial charge in [-0.15, -0.1) is 0 Å². The molecule has 0 N–H and O–H groups in total. The second-order valence-electron chi connectivity index (χ2n) is 1.30. The molecule has 0 fully saturated rings. The van der Waals surface area contributed by atoms with E-state index in [-0.39, 0.29) is 21.1 Å². The van der Waals surface area contributed by atoms with Gasteiger partial charge in [0.2, 0.25) is 0 Å². The normalized spacial score (nSPS) is 8.38. The first kappa shape index (κ1) is 11.4. The van der Waals surface area contributed by atoms with Crippen molar-refractivity contribution in [3.8, 4) is 0 Å². The fraction of sp³-hybridized carbons (Fsp3) is 0.667. The molecule has 2 heteroatoms. The van der Waals surface area contributed by atoms with Crippen LogP contribution in [0.3, 0.4) is 0 Å². The Hall–Kier alpha value is 0.648. The van der Waals surface area contributed by atoms with Crippen molar-refractivity contribution >= 4 is 0 Å². The van der Waals surface area contributed by atoms with E-state index in [0.29, 0.717) is 0 Å². The van der Waals surface area contributed by atoms with Gasteiger partial charge in [-0.05, 0) is 13.1 Å². The second kappa shape index (κ2) is 10.6. The van der Waals surface area contributed by atoms with E-state index in [1.54, 1.807) is 0 Å². The first-order chi connectivity index (χ1) is 3.81. The van der Waals surface area contributed by atoms with E-state index in [2.05, 4.69) is 28.3 Å². The molecule has 8 heavy (non-hydrogen) atoms. The van der Waals surface area contributed by atoms with Crippen LogP contribution in [-0.2, 0) is 21.1 Å². The van der Waals surface area contributed by atoms with Crippen molar-refractivity contribution in [3.05, 3.63) is 14.5 Å². The van der Waals surface area contributed by atoms with Crippen LogP contribution < -0.4 is 0 Å². The van der Waals surface area contributed by atoms with Gasteiger partial charge in [-0.2, -0.15) is 0 Å². The summed E-state index contributed by atoms with van der Waals surface area (Å²) in [6, 6.07) is 0. The van der Waals surface area contributed by atoms with Crippen molar-refractivity contribution in [2.24, 2.45) is 0 Å². The monoisotopic (exact) mass is 286 g/mol. The van der Waals surface area contributed by atoms with Crippen molar-refractivity contribution in [2.75, 3.05) is 13.1 Å². The zero-order valence-electron chi connectivity index (χ0n) is 6.68. The summed E-state index contributed by atoms with van der Waals surface area (Å²) >= 11 is 0. The Bertz CT molecular complexity index is 32.2. The molecule has 0 amide bonds. The van der Waals surface area contributed by atoms with Gasteiger partial charge in [0, 0.05) is 0 Å². The Labute approximate surface area is 69.1 Å². The molecule has 50 valence electrons. The minimum absolute atomic E-state index is 0. The summed E-state index contributed by atoms with van der Waals surface area (Å²) in [5.74, 6) is 0. The molecule has 0 aliphatic rings.